The van der Waals surface area contributed by atoms with Crippen molar-refractivity contribution in [2.75, 3.05) is 25.1 Å². The highest BCUT2D eigenvalue weighted by Crippen LogP contribution is 2.18. The summed E-state index contributed by atoms with van der Waals surface area (Å²) in [7, 11) is 1.56. The minimum Gasteiger partial charge on any atom is -0.481 e. The van der Waals surface area contributed by atoms with Crippen LogP contribution in [-0.4, -0.2) is 48.3 Å². The van der Waals surface area contributed by atoms with E-state index >= 15 is 0 Å². The van der Waals surface area contributed by atoms with Gasteiger partial charge in [-0.1, -0.05) is 6.07 Å². The Kier molecular flexibility index (Phi) is 5.68. The minimum atomic E-state index is -0.182. The van der Waals surface area contributed by atoms with Gasteiger partial charge in [-0.3, -0.25) is 4.79 Å². The Balaban J connectivity index is 1.62. The molecule has 3 heterocycles. The first-order chi connectivity index (χ1) is 12.6. The van der Waals surface area contributed by atoms with Gasteiger partial charge in [0.15, 0.2) is 0 Å². The number of morpholine rings is 1. The quantitative estimate of drug-likeness (QED) is 0.883. The lowest BCUT2D eigenvalue weighted by Gasteiger charge is -2.36. The molecule has 26 heavy (non-hydrogen) atoms. The number of aromatic nitrogens is 2. The first kappa shape index (κ1) is 18.1. The second kappa shape index (κ2) is 8.14. The Morgan fingerprint density at radius 1 is 1.27 bits per heavy atom. The largest absolute Gasteiger partial charge is 0.481 e. The maximum atomic E-state index is 12.4. The number of methoxy groups -OCH3 is 1. The zero-order valence-corrected chi connectivity index (χ0v) is 15.3. The third-order valence-electron chi connectivity index (χ3n) is 4.24. The van der Waals surface area contributed by atoms with E-state index in [1.807, 2.05) is 18.2 Å². The van der Waals surface area contributed by atoms with Crippen molar-refractivity contribution >= 4 is 11.7 Å². The molecular formula is C19H24N4O3. The first-order valence-electron chi connectivity index (χ1n) is 8.69. The molecule has 7 nitrogen and oxygen atoms in total. The van der Waals surface area contributed by atoms with E-state index in [0.717, 1.165) is 24.5 Å². The highest BCUT2D eigenvalue weighted by Gasteiger charge is 2.23. The van der Waals surface area contributed by atoms with Crippen LogP contribution in [0.4, 0.5) is 5.82 Å². The average molecular weight is 356 g/mol. The molecule has 1 fully saturated rings. The fraction of sp³-hybridized carbons (Fsp3) is 0.421. The molecule has 1 amide bonds. The Hall–Kier alpha value is -2.67. The number of anilines is 1. The lowest BCUT2D eigenvalue weighted by molar-refractivity contribution is -0.00546. The molecule has 3 rings (SSSR count). The van der Waals surface area contributed by atoms with Gasteiger partial charge in [0.2, 0.25) is 5.88 Å². The highest BCUT2D eigenvalue weighted by atomic mass is 16.5. The zero-order valence-electron chi connectivity index (χ0n) is 15.3. The summed E-state index contributed by atoms with van der Waals surface area (Å²) in [6.45, 7) is 6.04. The number of pyridine rings is 2. The van der Waals surface area contributed by atoms with Gasteiger partial charge in [0.25, 0.3) is 5.91 Å². The van der Waals surface area contributed by atoms with Gasteiger partial charge < -0.3 is 19.7 Å². The molecule has 0 bridgehead atoms. The van der Waals surface area contributed by atoms with Crippen molar-refractivity contribution < 1.29 is 14.3 Å². The summed E-state index contributed by atoms with van der Waals surface area (Å²) in [6, 6.07) is 7.35. The topological polar surface area (TPSA) is 76.6 Å². The van der Waals surface area contributed by atoms with Crippen molar-refractivity contribution in [2.24, 2.45) is 0 Å². The highest BCUT2D eigenvalue weighted by molar-refractivity contribution is 5.94. The zero-order chi connectivity index (χ0) is 18.5. The number of rotatable bonds is 5. The number of ether oxygens (including phenoxy) is 2. The van der Waals surface area contributed by atoms with Crippen LogP contribution in [-0.2, 0) is 11.3 Å². The van der Waals surface area contributed by atoms with E-state index in [9.17, 15) is 4.79 Å². The molecule has 0 radical (unpaired) electrons. The predicted molar refractivity (Wildman–Crippen MR) is 98.4 cm³/mol. The third kappa shape index (κ3) is 4.29. The molecule has 0 aliphatic carbocycles. The molecule has 7 heteroatoms. The molecule has 1 aliphatic heterocycles. The van der Waals surface area contributed by atoms with Crippen LogP contribution >= 0.6 is 0 Å². The van der Waals surface area contributed by atoms with Crippen LogP contribution < -0.4 is 15.0 Å². The van der Waals surface area contributed by atoms with Gasteiger partial charge in [-0.05, 0) is 32.0 Å². The lowest BCUT2D eigenvalue weighted by Crippen LogP contribution is -2.45. The van der Waals surface area contributed by atoms with Crippen molar-refractivity contribution in [1.82, 2.24) is 15.3 Å². The minimum absolute atomic E-state index is 0.165. The normalized spacial score (nSPS) is 19.9. The molecule has 1 aliphatic rings. The van der Waals surface area contributed by atoms with Crippen molar-refractivity contribution in [2.45, 2.75) is 32.6 Å². The van der Waals surface area contributed by atoms with Gasteiger partial charge in [0.05, 0.1) is 24.9 Å². The Labute approximate surface area is 153 Å². The number of nitrogens with one attached hydrogen (secondary N) is 1. The van der Waals surface area contributed by atoms with Crippen LogP contribution in [0.25, 0.3) is 0 Å². The lowest BCUT2D eigenvalue weighted by atomic mass is 10.2. The molecule has 0 unspecified atom stereocenters. The first-order valence-corrected chi connectivity index (χ1v) is 8.69. The summed E-state index contributed by atoms with van der Waals surface area (Å²) < 4.78 is 10.9. The summed E-state index contributed by atoms with van der Waals surface area (Å²) in [4.78, 5) is 23.1. The summed E-state index contributed by atoms with van der Waals surface area (Å²) >= 11 is 0. The summed E-state index contributed by atoms with van der Waals surface area (Å²) in [5, 5.41) is 2.87. The second-order valence-electron chi connectivity index (χ2n) is 6.42. The van der Waals surface area contributed by atoms with Crippen LogP contribution in [0, 0.1) is 0 Å². The van der Waals surface area contributed by atoms with Gasteiger partial charge >= 0.3 is 0 Å². The number of nitrogens with zero attached hydrogens (tertiary/aromatic N) is 3. The van der Waals surface area contributed by atoms with E-state index < -0.39 is 0 Å². The van der Waals surface area contributed by atoms with E-state index in [4.69, 9.17) is 9.47 Å². The molecule has 2 aromatic rings. The number of carbonyl (C=O) groups excluding carboxylic acids is 1. The number of hydrogen-bond acceptors (Lipinski definition) is 6. The maximum absolute atomic E-state index is 12.4. The Bertz CT molecular complexity index is 741. The van der Waals surface area contributed by atoms with Crippen LogP contribution in [0.3, 0.4) is 0 Å². The van der Waals surface area contributed by atoms with Crippen LogP contribution in [0.15, 0.2) is 36.7 Å². The van der Waals surface area contributed by atoms with Crippen molar-refractivity contribution in [3.8, 4) is 5.88 Å². The SMILES string of the molecule is COc1ncccc1CNC(=O)c1ccc(N2C[C@@H](C)O[C@@H](C)C2)nc1. The molecular weight excluding hydrogens is 332 g/mol. The number of carbonyl (C=O) groups is 1. The monoisotopic (exact) mass is 356 g/mol. The Morgan fingerprint density at radius 3 is 2.69 bits per heavy atom. The number of hydrogen-bond donors (Lipinski definition) is 1. The smallest absolute Gasteiger partial charge is 0.253 e. The third-order valence-corrected chi connectivity index (χ3v) is 4.24. The van der Waals surface area contributed by atoms with E-state index in [2.05, 4.69) is 34.0 Å². The van der Waals surface area contributed by atoms with Crippen LogP contribution in [0.5, 0.6) is 5.88 Å². The van der Waals surface area contributed by atoms with Gasteiger partial charge in [-0.15, -0.1) is 0 Å². The molecule has 2 aromatic heterocycles. The summed E-state index contributed by atoms with van der Waals surface area (Å²) in [5.41, 5.74) is 1.34. The molecule has 0 spiro atoms. The molecule has 2 atom stereocenters. The van der Waals surface area contributed by atoms with E-state index in [-0.39, 0.29) is 18.1 Å². The van der Waals surface area contributed by atoms with Gasteiger partial charge in [-0.25, -0.2) is 9.97 Å². The molecule has 0 saturated carbocycles. The Morgan fingerprint density at radius 2 is 2.04 bits per heavy atom. The standard InChI is InChI=1S/C19H24N4O3/c1-13-11-23(12-14(2)26-13)17-7-6-15(9-21-17)18(24)22-10-16-5-4-8-20-19(16)25-3/h4-9,13-14H,10-12H2,1-3H3,(H,22,24)/t13-,14+. The fourth-order valence-electron chi connectivity index (χ4n) is 3.09. The van der Waals surface area contributed by atoms with E-state index in [1.54, 1.807) is 25.6 Å². The van der Waals surface area contributed by atoms with Crippen LogP contribution in [0.2, 0.25) is 0 Å². The average Bonchev–Trinajstić information content (AvgIpc) is 2.65. The summed E-state index contributed by atoms with van der Waals surface area (Å²) in [6.07, 6.45) is 3.59. The predicted octanol–water partition coefficient (Wildman–Crippen LogP) is 2.03. The molecule has 1 saturated heterocycles. The second-order valence-corrected chi connectivity index (χ2v) is 6.42. The number of amides is 1. The summed E-state index contributed by atoms with van der Waals surface area (Å²) in [5.74, 6) is 1.19. The van der Waals surface area contributed by atoms with Gasteiger partial charge in [-0.2, -0.15) is 0 Å². The van der Waals surface area contributed by atoms with Gasteiger partial charge in [0, 0.05) is 37.6 Å². The van der Waals surface area contributed by atoms with Gasteiger partial charge in [0.1, 0.15) is 5.82 Å². The molecule has 138 valence electrons. The van der Waals surface area contributed by atoms with Crippen molar-refractivity contribution in [3.63, 3.8) is 0 Å². The van der Waals surface area contributed by atoms with E-state index in [1.165, 1.54) is 0 Å². The van der Waals surface area contributed by atoms with Crippen LogP contribution in [0.1, 0.15) is 29.8 Å². The molecule has 0 aromatic carbocycles. The van der Waals surface area contributed by atoms with E-state index in [0.29, 0.717) is 18.0 Å². The maximum Gasteiger partial charge on any atom is 0.253 e. The van der Waals surface area contributed by atoms with Crippen molar-refractivity contribution in [3.05, 3.63) is 47.8 Å². The molecule has 1 N–H and O–H groups in total. The fourth-order valence-corrected chi connectivity index (χ4v) is 3.09. The van der Waals surface area contributed by atoms with Crippen molar-refractivity contribution in [1.29, 1.82) is 0 Å².